The third-order valence-corrected chi connectivity index (χ3v) is 4.76. The second-order valence-corrected chi connectivity index (χ2v) is 5.93. The first-order valence-electron chi connectivity index (χ1n) is 7.16. The van der Waals surface area contributed by atoms with E-state index in [1.165, 1.54) is 17.7 Å². The minimum absolute atomic E-state index is 0.0556. The fraction of sp³-hybridized carbons (Fsp3) is 0.235. The topological polar surface area (TPSA) is 64.7 Å². The van der Waals surface area contributed by atoms with Gasteiger partial charge in [-0.05, 0) is 17.7 Å². The number of nitro benzene ring substituents is 1. The first-order chi connectivity index (χ1) is 10.6. The third kappa shape index (κ3) is 1.68. The second kappa shape index (κ2) is 4.40. The average Bonchev–Trinajstić information content (AvgIpc) is 2.94. The molecular weight excluding hydrogens is 280 g/mol. The molecule has 0 bridgehead atoms. The first-order valence-corrected chi connectivity index (χ1v) is 7.16. The van der Waals surface area contributed by atoms with E-state index in [1.807, 2.05) is 18.2 Å². The molecule has 0 N–H and O–H groups in total. The van der Waals surface area contributed by atoms with E-state index in [4.69, 9.17) is 4.84 Å². The number of hydrogen-bond acceptors (Lipinski definition) is 4. The second-order valence-electron chi connectivity index (χ2n) is 5.93. The summed E-state index contributed by atoms with van der Waals surface area (Å²) >= 11 is 0. The van der Waals surface area contributed by atoms with Gasteiger partial charge in [0.1, 0.15) is 6.10 Å². The van der Waals surface area contributed by atoms with Crippen LogP contribution in [0.4, 0.5) is 5.69 Å². The Morgan fingerprint density at radius 3 is 2.45 bits per heavy atom. The Bertz CT molecular complexity index is 770. The van der Waals surface area contributed by atoms with Crippen molar-refractivity contribution < 1.29 is 9.76 Å². The van der Waals surface area contributed by atoms with Crippen molar-refractivity contribution in [2.75, 3.05) is 0 Å². The summed E-state index contributed by atoms with van der Waals surface area (Å²) in [5.74, 6) is 0.205. The summed E-state index contributed by atoms with van der Waals surface area (Å²) in [6, 6.07) is 16.8. The van der Waals surface area contributed by atoms with E-state index in [0.717, 1.165) is 11.3 Å². The molecule has 2 aromatic carbocycles. The Hall–Kier alpha value is -2.69. The lowest BCUT2D eigenvalue weighted by Crippen LogP contribution is -2.15. The molecule has 5 nitrogen and oxygen atoms in total. The molecule has 4 rings (SSSR count). The molecular formula is C17H14N2O3. The highest BCUT2D eigenvalue weighted by atomic mass is 16.7. The quantitative estimate of drug-likeness (QED) is 0.644. The van der Waals surface area contributed by atoms with Gasteiger partial charge in [0.2, 0.25) is 0 Å². The highest BCUT2D eigenvalue weighted by molar-refractivity contribution is 6.07. The van der Waals surface area contributed by atoms with Crippen LogP contribution >= 0.6 is 0 Å². The highest BCUT2D eigenvalue weighted by Gasteiger charge is 2.70. The maximum atomic E-state index is 10.7. The Labute approximate surface area is 127 Å². The molecule has 1 aliphatic heterocycles. The van der Waals surface area contributed by atoms with E-state index in [0.29, 0.717) is 0 Å². The minimum atomic E-state index is -0.398. The van der Waals surface area contributed by atoms with E-state index < -0.39 is 4.92 Å². The SMILES string of the molecule is C[C@]1(c2ccccc2)[C@@H]2C(c3ccc([N+](=O)[O-])cc3)=NO[C@@H]21. The van der Waals surface area contributed by atoms with Crippen LogP contribution in [0.3, 0.4) is 0 Å². The normalized spacial score (nSPS) is 28.5. The number of oxime groups is 1. The molecule has 1 fully saturated rings. The lowest BCUT2D eigenvalue weighted by Gasteiger charge is -2.14. The molecule has 0 amide bonds. The molecule has 0 radical (unpaired) electrons. The van der Waals surface area contributed by atoms with E-state index in [1.54, 1.807) is 12.1 Å². The van der Waals surface area contributed by atoms with Crippen LogP contribution in [-0.2, 0) is 10.3 Å². The summed E-state index contributed by atoms with van der Waals surface area (Å²) in [5, 5.41) is 14.9. The lowest BCUT2D eigenvalue weighted by atomic mass is 9.92. The van der Waals surface area contributed by atoms with Crippen molar-refractivity contribution in [3.05, 3.63) is 75.8 Å². The van der Waals surface area contributed by atoms with Crippen molar-refractivity contribution in [3.8, 4) is 0 Å². The number of nitro groups is 1. The van der Waals surface area contributed by atoms with E-state index in [9.17, 15) is 10.1 Å². The van der Waals surface area contributed by atoms with Gasteiger partial charge in [0.05, 0.1) is 16.6 Å². The Balaban J connectivity index is 1.64. The predicted molar refractivity (Wildman–Crippen MR) is 81.8 cm³/mol. The third-order valence-electron chi connectivity index (χ3n) is 4.76. The molecule has 5 heteroatoms. The van der Waals surface area contributed by atoms with Crippen molar-refractivity contribution >= 4 is 11.4 Å². The Kier molecular flexibility index (Phi) is 2.60. The van der Waals surface area contributed by atoms with E-state index >= 15 is 0 Å². The van der Waals surface area contributed by atoms with Crippen molar-refractivity contribution in [2.24, 2.45) is 11.1 Å². The molecule has 22 heavy (non-hydrogen) atoms. The zero-order chi connectivity index (χ0) is 15.3. The van der Waals surface area contributed by atoms with Gasteiger partial charge in [0.25, 0.3) is 5.69 Å². The molecule has 2 aromatic rings. The van der Waals surface area contributed by atoms with Crippen LogP contribution in [0.2, 0.25) is 0 Å². The zero-order valence-electron chi connectivity index (χ0n) is 12.0. The van der Waals surface area contributed by atoms with Crippen LogP contribution < -0.4 is 0 Å². The van der Waals surface area contributed by atoms with Gasteiger partial charge in [-0.3, -0.25) is 10.1 Å². The highest BCUT2D eigenvalue weighted by Crippen LogP contribution is 2.60. The molecule has 0 spiro atoms. The maximum absolute atomic E-state index is 10.7. The van der Waals surface area contributed by atoms with E-state index in [2.05, 4.69) is 24.2 Å². The number of benzene rings is 2. The number of fused-ring (bicyclic) bond motifs is 1. The molecule has 110 valence electrons. The van der Waals surface area contributed by atoms with Gasteiger partial charge in [-0.1, -0.05) is 42.4 Å². The molecule has 0 saturated heterocycles. The summed E-state index contributed by atoms with van der Waals surface area (Å²) in [6.45, 7) is 2.18. The maximum Gasteiger partial charge on any atom is 0.269 e. The molecule has 2 aliphatic rings. The van der Waals surface area contributed by atoms with Gasteiger partial charge in [-0.25, -0.2) is 0 Å². The summed E-state index contributed by atoms with van der Waals surface area (Å²) < 4.78 is 0. The molecule has 0 unspecified atom stereocenters. The molecule has 1 heterocycles. The fourth-order valence-corrected chi connectivity index (χ4v) is 3.37. The van der Waals surface area contributed by atoms with Gasteiger partial charge in [0, 0.05) is 23.1 Å². The van der Waals surface area contributed by atoms with Gasteiger partial charge < -0.3 is 4.84 Å². The van der Waals surface area contributed by atoms with Crippen LogP contribution in [0.25, 0.3) is 0 Å². The van der Waals surface area contributed by atoms with Gasteiger partial charge in [0.15, 0.2) is 0 Å². The molecule has 1 saturated carbocycles. The summed E-state index contributed by atoms with van der Waals surface area (Å²) in [5.41, 5.74) is 3.02. The smallest absolute Gasteiger partial charge is 0.269 e. The summed E-state index contributed by atoms with van der Waals surface area (Å²) in [6.07, 6.45) is 0.0556. The largest absolute Gasteiger partial charge is 0.391 e. The summed E-state index contributed by atoms with van der Waals surface area (Å²) in [4.78, 5) is 15.9. The van der Waals surface area contributed by atoms with Crippen molar-refractivity contribution in [2.45, 2.75) is 18.4 Å². The van der Waals surface area contributed by atoms with Crippen molar-refractivity contribution in [1.82, 2.24) is 0 Å². The Morgan fingerprint density at radius 2 is 1.82 bits per heavy atom. The van der Waals surface area contributed by atoms with Crippen LogP contribution in [0.15, 0.2) is 59.8 Å². The van der Waals surface area contributed by atoms with Gasteiger partial charge >= 0.3 is 0 Å². The first kappa shape index (κ1) is 13.0. The van der Waals surface area contributed by atoms with Gasteiger partial charge in [-0.15, -0.1) is 0 Å². The minimum Gasteiger partial charge on any atom is -0.391 e. The number of rotatable bonds is 3. The van der Waals surface area contributed by atoms with Crippen LogP contribution in [-0.4, -0.2) is 16.7 Å². The summed E-state index contributed by atoms with van der Waals surface area (Å²) in [7, 11) is 0. The van der Waals surface area contributed by atoms with E-state index in [-0.39, 0.29) is 23.1 Å². The average molecular weight is 294 g/mol. The number of non-ortho nitro benzene ring substituents is 1. The van der Waals surface area contributed by atoms with Crippen LogP contribution in [0.1, 0.15) is 18.1 Å². The van der Waals surface area contributed by atoms with Crippen LogP contribution in [0.5, 0.6) is 0 Å². The Morgan fingerprint density at radius 1 is 1.14 bits per heavy atom. The fourth-order valence-electron chi connectivity index (χ4n) is 3.37. The standard InChI is InChI=1S/C17H14N2O3/c1-17(12-5-3-2-4-6-12)14-15(18-22-16(14)17)11-7-9-13(10-8-11)19(20)21/h2-10,14,16H,1H3/t14-,16+,17+/m1/s1. The molecule has 1 aliphatic carbocycles. The monoisotopic (exact) mass is 294 g/mol. The van der Waals surface area contributed by atoms with Gasteiger partial charge in [-0.2, -0.15) is 0 Å². The number of nitrogens with zero attached hydrogens (tertiary/aromatic N) is 2. The molecule has 0 aromatic heterocycles. The lowest BCUT2D eigenvalue weighted by molar-refractivity contribution is -0.384. The van der Waals surface area contributed by atoms with Crippen molar-refractivity contribution in [1.29, 1.82) is 0 Å². The van der Waals surface area contributed by atoms with Crippen LogP contribution in [0, 0.1) is 16.0 Å². The van der Waals surface area contributed by atoms with Crippen molar-refractivity contribution in [3.63, 3.8) is 0 Å². The number of hydrogen-bond donors (Lipinski definition) is 0. The predicted octanol–water partition coefficient (Wildman–Crippen LogP) is 3.29. The zero-order valence-corrected chi connectivity index (χ0v) is 12.0. The molecule has 3 atom stereocenters.